The van der Waals surface area contributed by atoms with E-state index in [1.165, 1.54) is 59.6 Å². The van der Waals surface area contributed by atoms with Crippen LogP contribution in [0.3, 0.4) is 0 Å². The molecule has 110 valence electrons. The Morgan fingerprint density at radius 3 is 3.14 bits per heavy atom. The molecule has 0 aromatic carbocycles. The van der Waals surface area contributed by atoms with Crippen molar-refractivity contribution >= 4 is 11.6 Å². The molecule has 2 aliphatic carbocycles. The van der Waals surface area contributed by atoms with Gasteiger partial charge in [-0.2, -0.15) is 0 Å². The van der Waals surface area contributed by atoms with E-state index in [4.69, 9.17) is 4.98 Å². The number of rotatable bonds is 0. The number of allylic oxidation sites excluding steroid dienone is 4. The van der Waals surface area contributed by atoms with Crippen LogP contribution in [-0.4, -0.2) is 9.55 Å². The second kappa shape index (κ2) is 4.70. The standard InChI is InChI=1S/C20H20N2/c1-2-8-15-14(6-1)7-5-12-22-13-11-17-16-9-3-4-10-18(16)21-19(17)20(15)22/h3-4,6,10-11,13H,1-2,5,7-9,12H2. The van der Waals surface area contributed by atoms with Crippen LogP contribution in [0.2, 0.25) is 0 Å². The minimum absolute atomic E-state index is 1.02. The Balaban J connectivity index is 1.92. The highest BCUT2D eigenvalue weighted by Crippen LogP contribution is 2.31. The molecule has 5 aliphatic rings. The third-order valence-corrected chi connectivity index (χ3v) is 5.31. The van der Waals surface area contributed by atoms with Gasteiger partial charge in [0.15, 0.2) is 0 Å². The van der Waals surface area contributed by atoms with Gasteiger partial charge in [-0.15, -0.1) is 0 Å². The molecule has 0 atom stereocenters. The zero-order chi connectivity index (χ0) is 14.5. The Kier molecular flexibility index (Phi) is 2.66. The van der Waals surface area contributed by atoms with Gasteiger partial charge in [-0.05, 0) is 67.4 Å². The van der Waals surface area contributed by atoms with E-state index in [9.17, 15) is 0 Å². The van der Waals surface area contributed by atoms with Crippen LogP contribution in [0, 0.1) is 0 Å². The van der Waals surface area contributed by atoms with Gasteiger partial charge in [-0.3, -0.25) is 0 Å². The number of aryl methyl sites for hydroxylation is 1. The van der Waals surface area contributed by atoms with Gasteiger partial charge in [0.1, 0.15) is 0 Å². The third kappa shape index (κ3) is 1.70. The van der Waals surface area contributed by atoms with E-state index in [1.807, 2.05) is 0 Å². The van der Waals surface area contributed by atoms with Crippen LogP contribution in [0.4, 0.5) is 0 Å². The lowest BCUT2D eigenvalue weighted by Crippen LogP contribution is -2.25. The Labute approximate surface area is 130 Å². The SMILES string of the molecule is C1=CCc2c3ccn4c(c-3nc2=C1)=C1CCCC=C1CCC4. The van der Waals surface area contributed by atoms with Crippen LogP contribution < -0.4 is 10.7 Å². The van der Waals surface area contributed by atoms with Crippen LogP contribution in [0.1, 0.15) is 37.7 Å². The van der Waals surface area contributed by atoms with Crippen molar-refractivity contribution in [3.8, 4) is 11.3 Å². The van der Waals surface area contributed by atoms with E-state index < -0.39 is 0 Å². The van der Waals surface area contributed by atoms with Gasteiger partial charge >= 0.3 is 0 Å². The van der Waals surface area contributed by atoms with Crippen molar-refractivity contribution in [2.45, 2.75) is 45.1 Å². The summed E-state index contributed by atoms with van der Waals surface area (Å²) in [5, 5.41) is 2.58. The molecule has 0 saturated carbocycles. The summed E-state index contributed by atoms with van der Waals surface area (Å²) in [6.45, 7) is 1.12. The molecule has 2 nitrogen and oxygen atoms in total. The first-order valence-electron chi connectivity index (χ1n) is 8.49. The van der Waals surface area contributed by atoms with Crippen LogP contribution in [0.15, 0.2) is 36.1 Å². The summed E-state index contributed by atoms with van der Waals surface area (Å²) < 4.78 is 2.45. The summed E-state index contributed by atoms with van der Waals surface area (Å²) in [5.41, 5.74) is 7.16. The molecule has 3 aliphatic heterocycles. The second-order valence-corrected chi connectivity index (χ2v) is 6.60. The van der Waals surface area contributed by atoms with E-state index in [1.54, 1.807) is 11.1 Å². The minimum Gasteiger partial charge on any atom is -0.346 e. The Morgan fingerprint density at radius 1 is 1.14 bits per heavy atom. The van der Waals surface area contributed by atoms with Gasteiger partial charge in [-0.1, -0.05) is 18.2 Å². The van der Waals surface area contributed by atoms with Crippen molar-refractivity contribution in [2.75, 3.05) is 0 Å². The highest BCUT2D eigenvalue weighted by Gasteiger charge is 2.22. The normalized spacial score (nSPS) is 19.8. The molecule has 0 fully saturated rings. The second-order valence-electron chi connectivity index (χ2n) is 6.60. The van der Waals surface area contributed by atoms with Crippen molar-refractivity contribution in [1.29, 1.82) is 0 Å². The molecular formula is C20H20N2. The van der Waals surface area contributed by atoms with E-state index >= 15 is 0 Å². The molecule has 0 aromatic heterocycles. The molecule has 0 unspecified atom stereocenters. The van der Waals surface area contributed by atoms with E-state index in [-0.39, 0.29) is 0 Å². The van der Waals surface area contributed by atoms with Gasteiger partial charge in [0.2, 0.25) is 0 Å². The number of hydrogen-bond acceptors (Lipinski definition) is 1. The molecule has 0 aromatic rings. The van der Waals surface area contributed by atoms with Crippen LogP contribution in [0.5, 0.6) is 0 Å². The Hall–Kier alpha value is -2.09. The average Bonchev–Trinajstić information content (AvgIpc) is 2.83. The van der Waals surface area contributed by atoms with E-state index in [0.717, 1.165) is 13.0 Å². The molecule has 0 spiro atoms. The molecule has 5 rings (SSSR count). The molecule has 0 bridgehead atoms. The molecular weight excluding hydrogens is 268 g/mol. The number of nitrogens with zero attached hydrogens (tertiary/aromatic N) is 2. The Morgan fingerprint density at radius 2 is 2.14 bits per heavy atom. The first kappa shape index (κ1) is 12.5. The summed E-state index contributed by atoms with van der Waals surface area (Å²) in [5.74, 6) is 0. The smallest absolute Gasteiger partial charge is 0.0953 e. The van der Waals surface area contributed by atoms with E-state index in [0.29, 0.717) is 0 Å². The molecule has 0 amide bonds. The van der Waals surface area contributed by atoms with Crippen molar-refractivity contribution in [3.05, 3.63) is 52.3 Å². The number of aromatic nitrogens is 2. The van der Waals surface area contributed by atoms with Gasteiger partial charge in [-0.25, -0.2) is 4.98 Å². The first-order chi connectivity index (χ1) is 10.9. The van der Waals surface area contributed by atoms with Crippen molar-refractivity contribution in [3.63, 3.8) is 0 Å². The van der Waals surface area contributed by atoms with Crippen molar-refractivity contribution in [1.82, 2.24) is 9.55 Å². The zero-order valence-corrected chi connectivity index (χ0v) is 12.8. The summed E-state index contributed by atoms with van der Waals surface area (Å²) >= 11 is 0. The van der Waals surface area contributed by atoms with Crippen molar-refractivity contribution in [2.24, 2.45) is 0 Å². The fourth-order valence-electron chi connectivity index (χ4n) is 4.27. The van der Waals surface area contributed by atoms with Gasteiger partial charge in [0.25, 0.3) is 0 Å². The Bertz CT molecular complexity index is 908. The number of fused-ring (bicyclic) bond motifs is 6. The lowest BCUT2D eigenvalue weighted by molar-refractivity contribution is 0.637. The van der Waals surface area contributed by atoms with Gasteiger partial charge < -0.3 is 4.57 Å². The molecule has 22 heavy (non-hydrogen) atoms. The summed E-state index contributed by atoms with van der Waals surface area (Å²) in [6.07, 6.45) is 18.5. The predicted octanol–water partition coefficient (Wildman–Crippen LogP) is 2.94. The van der Waals surface area contributed by atoms with Crippen LogP contribution >= 0.6 is 0 Å². The highest BCUT2D eigenvalue weighted by molar-refractivity contribution is 5.75. The number of hydrogen-bond donors (Lipinski definition) is 0. The molecule has 0 saturated heterocycles. The average molecular weight is 288 g/mol. The van der Waals surface area contributed by atoms with E-state index in [2.05, 4.69) is 41.1 Å². The number of pyridine rings is 1. The fraction of sp³-hybridized carbons (Fsp3) is 0.350. The van der Waals surface area contributed by atoms with Gasteiger partial charge in [0, 0.05) is 18.3 Å². The maximum Gasteiger partial charge on any atom is 0.0953 e. The summed E-state index contributed by atoms with van der Waals surface area (Å²) in [4.78, 5) is 5.02. The monoisotopic (exact) mass is 288 g/mol. The minimum atomic E-state index is 1.02. The van der Waals surface area contributed by atoms with Crippen LogP contribution in [-0.2, 0) is 13.0 Å². The maximum absolute atomic E-state index is 5.02. The molecule has 0 radical (unpaired) electrons. The first-order valence-corrected chi connectivity index (χ1v) is 8.49. The maximum atomic E-state index is 5.02. The summed E-state index contributed by atoms with van der Waals surface area (Å²) in [7, 11) is 0. The lowest BCUT2D eigenvalue weighted by atomic mass is 9.90. The largest absolute Gasteiger partial charge is 0.346 e. The molecule has 3 heterocycles. The topological polar surface area (TPSA) is 17.8 Å². The molecule has 0 N–H and O–H groups in total. The third-order valence-electron chi connectivity index (χ3n) is 5.31. The predicted molar refractivity (Wildman–Crippen MR) is 90.0 cm³/mol. The quantitative estimate of drug-likeness (QED) is 0.729. The highest BCUT2D eigenvalue weighted by atomic mass is 15.0. The molecule has 2 heteroatoms. The van der Waals surface area contributed by atoms with Gasteiger partial charge in [0.05, 0.1) is 16.4 Å². The fourth-order valence-corrected chi connectivity index (χ4v) is 4.27. The lowest BCUT2D eigenvalue weighted by Gasteiger charge is -2.17. The van der Waals surface area contributed by atoms with Crippen LogP contribution in [0.25, 0.3) is 22.9 Å². The summed E-state index contributed by atoms with van der Waals surface area (Å²) in [6, 6.07) is 2.29. The van der Waals surface area contributed by atoms with Crippen molar-refractivity contribution < 1.29 is 0 Å². The zero-order valence-electron chi connectivity index (χ0n) is 12.8.